The summed E-state index contributed by atoms with van der Waals surface area (Å²) >= 11 is 0. The first-order valence-electron chi connectivity index (χ1n) is 8.83. The number of nitrogens with one attached hydrogen (secondary N) is 2. The van der Waals surface area contributed by atoms with Crippen LogP contribution < -0.4 is 10.6 Å². The Morgan fingerprint density at radius 2 is 1.73 bits per heavy atom. The lowest BCUT2D eigenvalue weighted by Crippen LogP contribution is -2.15. The number of rotatable bonds is 6. The third-order valence-electron chi connectivity index (χ3n) is 4.07. The van der Waals surface area contributed by atoms with Crippen LogP contribution in [0, 0.1) is 0 Å². The smallest absolute Gasteiger partial charge is 0.413 e. The molecule has 2 aromatic heterocycles. The van der Waals surface area contributed by atoms with Crippen LogP contribution in [0.5, 0.6) is 0 Å². The lowest BCUT2D eigenvalue weighted by atomic mass is 10.2. The summed E-state index contributed by atoms with van der Waals surface area (Å²) in [5.74, 6) is -0.713. The maximum absolute atomic E-state index is 12.4. The van der Waals surface area contributed by atoms with E-state index in [0.717, 1.165) is 5.56 Å². The van der Waals surface area contributed by atoms with E-state index < -0.39 is 18.0 Å². The molecule has 2 N–H and O–H groups in total. The molecule has 156 valence electrons. The van der Waals surface area contributed by atoms with Gasteiger partial charge in [-0.1, -0.05) is 30.3 Å². The molecule has 3 rings (SSSR count). The number of hydrogen-bond acceptors (Lipinski definition) is 7. The van der Waals surface area contributed by atoms with Crippen LogP contribution >= 0.6 is 0 Å². The van der Waals surface area contributed by atoms with Crippen LogP contribution in [-0.4, -0.2) is 44.6 Å². The average Bonchev–Trinajstić information content (AvgIpc) is 3.29. The van der Waals surface area contributed by atoms with E-state index in [2.05, 4.69) is 25.6 Å². The summed E-state index contributed by atoms with van der Waals surface area (Å²) in [7, 11) is 4.37. The van der Waals surface area contributed by atoms with Crippen molar-refractivity contribution in [2.45, 2.75) is 6.61 Å². The first kappa shape index (κ1) is 20.6. The summed E-state index contributed by atoms with van der Waals surface area (Å²) in [5.41, 5.74) is 1.07. The standard InChI is InChI=1S/C19H20N6O5/c1-24-14(18(27)29-3)10-15(23-24)20-17(26)13-9-16(25(2)22-13)21-19(28)30-11-12-7-5-4-6-8-12/h4-10H,11H2,1-3H3,(H,21,28)(H,20,23,26). The van der Waals surface area contributed by atoms with Crippen LogP contribution in [0.4, 0.5) is 16.4 Å². The van der Waals surface area contributed by atoms with Gasteiger partial charge in [-0.3, -0.25) is 19.5 Å². The molecule has 30 heavy (non-hydrogen) atoms. The van der Waals surface area contributed by atoms with E-state index in [1.54, 1.807) is 14.1 Å². The molecule has 1 aromatic carbocycles. The minimum Gasteiger partial charge on any atom is -0.464 e. The van der Waals surface area contributed by atoms with Gasteiger partial charge in [0, 0.05) is 26.2 Å². The van der Waals surface area contributed by atoms with Gasteiger partial charge in [0.05, 0.1) is 7.11 Å². The van der Waals surface area contributed by atoms with Gasteiger partial charge in [0.1, 0.15) is 18.1 Å². The molecule has 2 heterocycles. The second-order valence-corrected chi connectivity index (χ2v) is 6.21. The molecule has 3 aromatic rings. The molecule has 0 fully saturated rings. The topological polar surface area (TPSA) is 129 Å². The number of methoxy groups -OCH3 is 1. The predicted molar refractivity (Wildman–Crippen MR) is 106 cm³/mol. The molecule has 0 bridgehead atoms. The SMILES string of the molecule is COC(=O)c1cc(NC(=O)c2cc(NC(=O)OCc3ccccc3)n(C)n2)nn1C. The van der Waals surface area contributed by atoms with Crippen molar-refractivity contribution >= 4 is 29.6 Å². The summed E-state index contributed by atoms with van der Waals surface area (Å²) in [4.78, 5) is 36.1. The zero-order valence-electron chi connectivity index (χ0n) is 16.6. The van der Waals surface area contributed by atoms with Crippen molar-refractivity contribution in [3.05, 3.63) is 59.4 Å². The summed E-state index contributed by atoms with van der Waals surface area (Å²) in [6.45, 7) is 0.111. The molecule has 11 heteroatoms. The number of nitrogens with zero attached hydrogens (tertiary/aromatic N) is 4. The Morgan fingerprint density at radius 1 is 1.00 bits per heavy atom. The lowest BCUT2D eigenvalue weighted by molar-refractivity contribution is 0.0588. The number of aromatic nitrogens is 4. The fraction of sp³-hybridized carbons (Fsp3) is 0.211. The number of esters is 1. The summed E-state index contributed by atoms with van der Waals surface area (Å²) < 4.78 is 12.4. The first-order valence-corrected chi connectivity index (χ1v) is 8.83. The number of benzene rings is 1. The van der Waals surface area contributed by atoms with E-state index in [9.17, 15) is 14.4 Å². The number of carbonyl (C=O) groups is 3. The van der Waals surface area contributed by atoms with Crippen LogP contribution in [0.15, 0.2) is 42.5 Å². The number of anilines is 2. The Morgan fingerprint density at radius 3 is 2.43 bits per heavy atom. The maximum Gasteiger partial charge on any atom is 0.413 e. The number of aryl methyl sites for hydroxylation is 2. The van der Waals surface area contributed by atoms with Crippen molar-refractivity contribution in [2.24, 2.45) is 14.1 Å². The van der Waals surface area contributed by atoms with Crippen LogP contribution in [0.25, 0.3) is 0 Å². The van der Waals surface area contributed by atoms with Crippen molar-refractivity contribution in [3.63, 3.8) is 0 Å². The molecule has 0 saturated carbocycles. The summed E-state index contributed by atoms with van der Waals surface area (Å²) in [6.07, 6.45) is -0.679. The molecular formula is C19H20N6O5. The van der Waals surface area contributed by atoms with E-state index in [0.29, 0.717) is 0 Å². The highest BCUT2D eigenvalue weighted by atomic mass is 16.5. The van der Waals surface area contributed by atoms with Crippen LogP contribution in [0.3, 0.4) is 0 Å². The number of amides is 2. The summed E-state index contributed by atoms with van der Waals surface area (Å²) in [6, 6.07) is 12.0. The van der Waals surface area contributed by atoms with Gasteiger partial charge in [-0.25, -0.2) is 9.59 Å². The van der Waals surface area contributed by atoms with E-state index in [1.165, 1.54) is 28.6 Å². The van der Waals surface area contributed by atoms with Gasteiger partial charge < -0.3 is 14.8 Å². The van der Waals surface area contributed by atoms with Gasteiger partial charge in [-0.05, 0) is 5.56 Å². The van der Waals surface area contributed by atoms with Gasteiger partial charge in [0.25, 0.3) is 5.91 Å². The Kier molecular flexibility index (Phi) is 6.11. The number of hydrogen-bond donors (Lipinski definition) is 2. The van der Waals surface area contributed by atoms with Gasteiger partial charge in [0.2, 0.25) is 0 Å². The Hall–Kier alpha value is -4.15. The minimum atomic E-state index is -0.679. The van der Waals surface area contributed by atoms with Crippen molar-refractivity contribution in [3.8, 4) is 0 Å². The molecule has 0 radical (unpaired) electrons. The highest BCUT2D eigenvalue weighted by Crippen LogP contribution is 2.14. The molecule has 0 aliphatic heterocycles. The monoisotopic (exact) mass is 412 g/mol. The third-order valence-corrected chi connectivity index (χ3v) is 4.07. The molecule has 2 amide bonds. The molecule has 0 unspecified atom stereocenters. The van der Waals surface area contributed by atoms with Crippen LogP contribution in [0.1, 0.15) is 26.5 Å². The van der Waals surface area contributed by atoms with Gasteiger partial charge in [-0.15, -0.1) is 0 Å². The van der Waals surface area contributed by atoms with E-state index in [4.69, 9.17) is 4.74 Å². The number of ether oxygens (including phenoxy) is 2. The molecule has 0 atom stereocenters. The predicted octanol–water partition coefficient (Wildman–Crippen LogP) is 1.94. The fourth-order valence-corrected chi connectivity index (χ4v) is 2.56. The molecule has 0 saturated heterocycles. The van der Waals surface area contributed by atoms with Crippen LogP contribution in [-0.2, 0) is 30.2 Å². The normalized spacial score (nSPS) is 10.4. The summed E-state index contributed by atoms with van der Waals surface area (Å²) in [5, 5.41) is 13.2. The average molecular weight is 412 g/mol. The van der Waals surface area contributed by atoms with Crippen molar-refractivity contribution in [2.75, 3.05) is 17.7 Å². The maximum atomic E-state index is 12.4. The molecule has 0 aliphatic rings. The Bertz CT molecular complexity index is 1070. The van der Waals surface area contributed by atoms with Gasteiger partial charge in [0.15, 0.2) is 11.5 Å². The lowest BCUT2D eigenvalue weighted by Gasteiger charge is -2.06. The second-order valence-electron chi connectivity index (χ2n) is 6.21. The second kappa shape index (κ2) is 8.90. The molecule has 11 nitrogen and oxygen atoms in total. The first-order chi connectivity index (χ1) is 14.4. The van der Waals surface area contributed by atoms with Crippen molar-refractivity contribution < 1.29 is 23.9 Å². The van der Waals surface area contributed by atoms with Crippen LogP contribution in [0.2, 0.25) is 0 Å². The third kappa shape index (κ3) is 4.82. The largest absolute Gasteiger partial charge is 0.464 e. The zero-order chi connectivity index (χ0) is 21.7. The fourth-order valence-electron chi connectivity index (χ4n) is 2.56. The highest BCUT2D eigenvalue weighted by molar-refractivity contribution is 6.03. The van der Waals surface area contributed by atoms with E-state index in [-0.39, 0.29) is 29.6 Å². The Labute approximate surface area is 171 Å². The zero-order valence-corrected chi connectivity index (χ0v) is 16.6. The van der Waals surface area contributed by atoms with Crippen molar-refractivity contribution in [1.82, 2.24) is 19.6 Å². The van der Waals surface area contributed by atoms with Crippen molar-refractivity contribution in [1.29, 1.82) is 0 Å². The van der Waals surface area contributed by atoms with E-state index in [1.807, 2.05) is 30.3 Å². The number of carbonyl (C=O) groups excluding carboxylic acids is 3. The van der Waals surface area contributed by atoms with E-state index >= 15 is 0 Å². The highest BCUT2D eigenvalue weighted by Gasteiger charge is 2.18. The molecule has 0 spiro atoms. The molecule has 0 aliphatic carbocycles. The molecular weight excluding hydrogens is 392 g/mol. The minimum absolute atomic E-state index is 0.0427. The van der Waals surface area contributed by atoms with Gasteiger partial charge in [-0.2, -0.15) is 10.2 Å². The Balaban J connectivity index is 1.61. The van der Waals surface area contributed by atoms with Gasteiger partial charge >= 0.3 is 12.1 Å². The quantitative estimate of drug-likeness (QED) is 0.592.